The van der Waals surface area contributed by atoms with Crippen molar-refractivity contribution in [2.45, 2.75) is 27.7 Å². The number of amides is 2. The minimum absolute atomic E-state index is 0.488. The highest BCUT2D eigenvalue weighted by Crippen LogP contribution is 2.23. The van der Waals surface area contributed by atoms with Gasteiger partial charge in [0.25, 0.3) is 0 Å². The number of aryl methyl sites for hydroxylation is 3. The van der Waals surface area contributed by atoms with Gasteiger partial charge in [-0.15, -0.1) is 0 Å². The van der Waals surface area contributed by atoms with Gasteiger partial charge in [0, 0.05) is 28.3 Å². The van der Waals surface area contributed by atoms with Crippen molar-refractivity contribution < 1.29 is 14.3 Å². The van der Waals surface area contributed by atoms with Crippen LogP contribution in [0.25, 0.3) is 5.69 Å². The maximum Gasteiger partial charge on any atom is 0.329 e. The molecular weight excluding hydrogens is 392 g/mol. The van der Waals surface area contributed by atoms with E-state index in [0.29, 0.717) is 11.4 Å². The first-order valence-electron chi connectivity index (χ1n) is 9.85. The van der Waals surface area contributed by atoms with Crippen molar-refractivity contribution >= 4 is 23.7 Å². The maximum atomic E-state index is 12.1. The standard InChI is InChI=1S/C24H26N4O3/c1-15-6-7-16(2)22(12-15)28-17(3)13-19(18(28)4)14-25-27-24(30)23(29)26-20-8-10-21(31-5)11-9-20/h6-14H,1-5H3,(H,26,29)(H,27,30)/b25-14-. The van der Waals surface area contributed by atoms with Crippen LogP contribution < -0.4 is 15.5 Å². The summed E-state index contributed by atoms with van der Waals surface area (Å²) in [4.78, 5) is 24.1. The Morgan fingerprint density at radius 1 is 0.968 bits per heavy atom. The van der Waals surface area contributed by atoms with Gasteiger partial charge in [0.2, 0.25) is 0 Å². The minimum atomic E-state index is -0.851. The van der Waals surface area contributed by atoms with Crippen LogP contribution in [0.15, 0.2) is 53.6 Å². The van der Waals surface area contributed by atoms with E-state index in [1.165, 1.54) is 11.1 Å². The Labute approximate surface area is 181 Å². The van der Waals surface area contributed by atoms with Crippen LogP contribution in [0.2, 0.25) is 0 Å². The highest BCUT2D eigenvalue weighted by Gasteiger charge is 2.14. The quantitative estimate of drug-likeness (QED) is 0.375. The van der Waals surface area contributed by atoms with Crippen LogP contribution in [0, 0.1) is 27.7 Å². The highest BCUT2D eigenvalue weighted by atomic mass is 16.5. The monoisotopic (exact) mass is 418 g/mol. The summed E-state index contributed by atoms with van der Waals surface area (Å²) in [6.07, 6.45) is 1.54. The molecule has 0 fully saturated rings. The summed E-state index contributed by atoms with van der Waals surface area (Å²) < 4.78 is 7.22. The van der Waals surface area contributed by atoms with Gasteiger partial charge in [0.05, 0.1) is 13.3 Å². The van der Waals surface area contributed by atoms with Crippen molar-refractivity contribution in [2.75, 3.05) is 12.4 Å². The van der Waals surface area contributed by atoms with Crippen molar-refractivity contribution in [1.29, 1.82) is 0 Å². The first-order chi connectivity index (χ1) is 14.8. The fourth-order valence-corrected chi connectivity index (χ4v) is 3.32. The molecule has 160 valence electrons. The molecule has 0 aliphatic rings. The zero-order valence-corrected chi connectivity index (χ0v) is 18.3. The van der Waals surface area contributed by atoms with Gasteiger partial charge in [-0.2, -0.15) is 5.10 Å². The summed E-state index contributed by atoms with van der Waals surface area (Å²) in [5.74, 6) is -0.996. The number of carbonyl (C=O) groups excluding carboxylic acids is 2. The van der Waals surface area contributed by atoms with Gasteiger partial charge in [-0.05, 0) is 75.2 Å². The number of benzene rings is 2. The number of rotatable bonds is 5. The molecule has 0 unspecified atom stereocenters. The molecular formula is C24H26N4O3. The van der Waals surface area contributed by atoms with Gasteiger partial charge in [-0.1, -0.05) is 12.1 Å². The lowest BCUT2D eigenvalue weighted by Crippen LogP contribution is -2.32. The van der Waals surface area contributed by atoms with Crippen molar-refractivity contribution in [3.8, 4) is 11.4 Å². The number of hydrogen-bond acceptors (Lipinski definition) is 4. The lowest BCUT2D eigenvalue weighted by atomic mass is 10.1. The second-order valence-electron chi connectivity index (χ2n) is 7.33. The largest absolute Gasteiger partial charge is 0.497 e. The van der Waals surface area contributed by atoms with Crippen LogP contribution in [0.3, 0.4) is 0 Å². The molecule has 2 amide bonds. The predicted octanol–water partition coefficient (Wildman–Crippen LogP) is 3.81. The normalized spacial score (nSPS) is 10.9. The maximum absolute atomic E-state index is 12.1. The van der Waals surface area contributed by atoms with Crippen LogP contribution >= 0.6 is 0 Å². The minimum Gasteiger partial charge on any atom is -0.497 e. The van der Waals surface area contributed by atoms with Crippen molar-refractivity contribution in [2.24, 2.45) is 5.10 Å². The second-order valence-corrected chi connectivity index (χ2v) is 7.33. The van der Waals surface area contributed by atoms with Crippen LogP contribution in [0.4, 0.5) is 5.69 Å². The van der Waals surface area contributed by atoms with Crippen LogP contribution in [-0.2, 0) is 9.59 Å². The van der Waals surface area contributed by atoms with Crippen molar-refractivity contribution in [3.05, 3.63) is 76.6 Å². The Morgan fingerprint density at radius 3 is 2.35 bits per heavy atom. The molecule has 2 N–H and O–H groups in total. The van der Waals surface area contributed by atoms with Crippen LogP contribution in [0.5, 0.6) is 5.75 Å². The van der Waals surface area contributed by atoms with Crippen LogP contribution in [0.1, 0.15) is 28.1 Å². The number of methoxy groups -OCH3 is 1. The van der Waals surface area contributed by atoms with E-state index in [9.17, 15) is 9.59 Å². The molecule has 0 radical (unpaired) electrons. The number of nitrogens with one attached hydrogen (secondary N) is 2. The van der Waals surface area contributed by atoms with E-state index >= 15 is 0 Å². The van der Waals surface area contributed by atoms with E-state index < -0.39 is 11.8 Å². The summed E-state index contributed by atoms with van der Waals surface area (Å²) in [5.41, 5.74) is 9.12. The van der Waals surface area contributed by atoms with Gasteiger partial charge in [0.15, 0.2) is 0 Å². The van der Waals surface area contributed by atoms with E-state index in [0.717, 1.165) is 22.6 Å². The molecule has 0 saturated carbocycles. The summed E-state index contributed by atoms with van der Waals surface area (Å²) in [6, 6.07) is 15.0. The third kappa shape index (κ3) is 5.01. The third-order valence-corrected chi connectivity index (χ3v) is 5.00. The predicted molar refractivity (Wildman–Crippen MR) is 122 cm³/mol. The van der Waals surface area contributed by atoms with Gasteiger partial charge >= 0.3 is 11.8 Å². The molecule has 2 aromatic carbocycles. The summed E-state index contributed by atoms with van der Waals surface area (Å²) in [5, 5.41) is 6.48. The van der Waals surface area contributed by atoms with E-state index in [1.807, 2.05) is 19.9 Å². The lowest BCUT2D eigenvalue weighted by molar-refractivity contribution is -0.136. The Bertz CT molecular complexity index is 1140. The number of hydrazone groups is 1. The first-order valence-corrected chi connectivity index (χ1v) is 9.85. The van der Waals surface area contributed by atoms with Gasteiger partial charge in [0.1, 0.15) is 5.75 Å². The number of anilines is 1. The molecule has 7 nitrogen and oxygen atoms in total. The van der Waals surface area contributed by atoms with Gasteiger partial charge < -0.3 is 14.6 Å². The number of ether oxygens (including phenoxy) is 1. The lowest BCUT2D eigenvalue weighted by Gasteiger charge is -2.13. The van der Waals surface area contributed by atoms with E-state index in [2.05, 4.69) is 52.5 Å². The highest BCUT2D eigenvalue weighted by molar-refractivity contribution is 6.39. The van der Waals surface area contributed by atoms with Crippen molar-refractivity contribution in [3.63, 3.8) is 0 Å². The van der Waals surface area contributed by atoms with E-state index in [4.69, 9.17) is 4.74 Å². The average Bonchev–Trinajstić information content (AvgIpc) is 3.03. The molecule has 0 aliphatic heterocycles. The fraction of sp³-hybridized carbons (Fsp3) is 0.208. The topological polar surface area (TPSA) is 84.7 Å². The Balaban J connectivity index is 1.68. The second kappa shape index (κ2) is 9.30. The van der Waals surface area contributed by atoms with Crippen LogP contribution in [-0.4, -0.2) is 29.7 Å². The molecule has 3 aromatic rings. The smallest absolute Gasteiger partial charge is 0.329 e. The fourth-order valence-electron chi connectivity index (χ4n) is 3.32. The van der Waals surface area contributed by atoms with Gasteiger partial charge in [-0.25, -0.2) is 5.43 Å². The Hall–Kier alpha value is -3.87. The SMILES string of the molecule is COc1ccc(NC(=O)C(=O)N/N=C\c2cc(C)n(-c3cc(C)ccc3C)c2C)cc1. The molecule has 0 saturated heterocycles. The number of nitrogens with zero attached hydrogens (tertiary/aromatic N) is 2. The molecule has 0 atom stereocenters. The molecule has 1 aromatic heterocycles. The van der Waals surface area contributed by atoms with E-state index in [1.54, 1.807) is 37.6 Å². The average molecular weight is 418 g/mol. The molecule has 0 spiro atoms. The molecule has 1 heterocycles. The molecule has 3 rings (SSSR count). The molecule has 7 heteroatoms. The van der Waals surface area contributed by atoms with E-state index in [-0.39, 0.29) is 0 Å². The summed E-state index contributed by atoms with van der Waals surface area (Å²) in [7, 11) is 1.55. The Morgan fingerprint density at radius 2 is 1.68 bits per heavy atom. The zero-order valence-electron chi connectivity index (χ0n) is 18.3. The first kappa shape index (κ1) is 21.8. The summed E-state index contributed by atoms with van der Waals surface area (Å²) >= 11 is 0. The third-order valence-electron chi connectivity index (χ3n) is 5.00. The number of carbonyl (C=O) groups is 2. The zero-order chi connectivity index (χ0) is 22.5. The van der Waals surface area contributed by atoms with Gasteiger partial charge in [-0.3, -0.25) is 9.59 Å². The van der Waals surface area contributed by atoms with Crippen molar-refractivity contribution in [1.82, 2.24) is 9.99 Å². The number of aromatic nitrogens is 1. The summed E-state index contributed by atoms with van der Waals surface area (Å²) in [6.45, 7) is 8.15. The molecule has 0 aliphatic carbocycles. The molecule has 0 bridgehead atoms. The Kier molecular flexibility index (Phi) is 6.55. The number of hydrogen-bond donors (Lipinski definition) is 2. The molecule has 31 heavy (non-hydrogen) atoms.